The van der Waals surface area contributed by atoms with E-state index in [0.29, 0.717) is 16.9 Å². The minimum Gasteiger partial charge on any atom is -0.330 e. The molecule has 0 spiro atoms. The summed E-state index contributed by atoms with van der Waals surface area (Å²) in [6.07, 6.45) is -6.05. The minimum atomic E-state index is -4.68. The number of alkyl halides is 6. The Morgan fingerprint density at radius 1 is 1.04 bits per heavy atom. The summed E-state index contributed by atoms with van der Waals surface area (Å²) < 4.78 is 83.9. The van der Waals surface area contributed by atoms with Crippen molar-refractivity contribution >= 4 is 32.9 Å². The van der Waals surface area contributed by atoms with E-state index in [1.165, 1.54) is 44.5 Å². The van der Waals surface area contributed by atoms with E-state index in [9.17, 15) is 35.9 Å². The molecular weight excluding hydrogens is 708 g/mol. The molecule has 2 aromatic carbocycles. The second kappa shape index (κ2) is 11.3. The average Bonchev–Trinajstić information content (AvgIpc) is 3.69. The number of imidazole rings is 1. The van der Waals surface area contributed by atoms with Crippen molar-refractivity contribution in [1.29, 1.82) is 0 Å². The molecule has 0 radical (unpaired) electrons. The van der Waals surface area contributed by atoms with Gasteiger partial charge in [0.05, 0.1) is 46.5 Å². The van der Waals surface area contributed by atoms with Gasteiger partial charge in [-0.05, 0) is 75.6 Å². The van der Waals surface area contributed by atoms with Crippen LogP contribution < -0.4 is 5.56 Å². The van der Waals surface area contributed by atoms with Gasteiger partial charge in [-0.25, -0.2) is 19.2 Å². The molecule has 1 amide bonds. The lowest BCUT2D eigenvalue weighted by Gasteiger charge is -2.34. The van der Waals surface area contributed by atoms with Crippen LogP contribution in [0.15, 0.2) is 58.1 Å². The SMILES string of the molecule is Cc1cc(C2CC2)nn1-c1nc2c(c(=O)n1-c1ccc3c(c1)ncn3CC(F)(F)F)C[C@@H](C)N(C(=O)c1ccc(Br)c(C(F)(F)F)c1)C2. The van der Waals surface area contributed by atoms with Crippen LogP contribution >= 0.6 is 15.9 Å². The molecule has 250 valence electrons. The molecule has 9 nitrogen and oxygen atoms in total. The highest BCUT2D eigenvalue weighted by Crippen LogP contribution is 2.40. The van der Waals surface area contributed by atoms with Crippen LogP contribution in [-0.2, 0) is 25.7 Å². The Kier molecular flexibility index (Phi) is 7.56. The summed E-state index contributed by atoms with van der Waals surface area (Å²) in [7, 11) is 0. The monoisotopic (exact) mass is 733 g/mol. The second-order valence-electron chi connectivity index (χ2n) is 12.2. The van der Waals surface area contributed by atoms with Gasteiger partial charge in [-0.1, -0.05) is 15.9 Å². The summed E-state index contributed by atoms with van der Waals surface area (Å²) in [6.45, 7) is 2.13. The Balaban J connectivity index is 1.34. The third kappa shape index (κ3) is 5.79. The minimum absolute atomic E-state index is 0.0592. The zero-order valence-electron chi connectivity index (χ0n) is 25.4. The highest BCUT2D eigenvalue weighted by molar-refractivity contribution is 9.10. The molecule has 1 atom stereocenters. The van der Waals surface area contributed by atoms with Gasteiger partial charge in [0.2, 0.25) is 5.95 Å². The number of hydrogen-bond donors (Lipinski definition) is 0. The van der Waals surface area contributed by atoms with Crippen LogP contribution in [0.3, 0.4) is 0 Å². The number of nitrogens with zero attached hydrogens (tertiary/aromatic N) is 7. The largest absolute Gasteiger partial charge is 0.417 e. The molecule has 1 aliphatic heterocycles. The summed E-state index contributed by atoms with van der Waals surface area (Å²) in [6, 6.07) is 9.09. The topological polar surface area (TPSA) is 90.8 Å². The van der Waals surface area contributed by atoms with E-state index in [-0.39, 0.29) is 51.6 Å². The number of carbonyl (C=O) groups is 1. The second-order valence-corrected chi connectivity index (χ2v) is 13.1. The first kappa shape index (κ1) is 32.1. The van der Waals surface area contributed by atoms with Crippen LogP contribution in [-0.4, -0.2) is 51.9 Å². The maximum Gasteiger partial charge on any atom is 0.417 e. The zero-order valence-corrected chi connectivity index (χ0v) is 27.0. The number of rotatable bonds is 5. The first-order valence-electron chi connectivity index (χ1n) is 15.0. The molecule has 5 aromatic rings. The fraction of sp³-hybridized carbons (Fsp3) is 0.344. The third-order valence-corrected chi connectivity index (χ3v) is 9.37. The van der Waals surface area contributed by atoms with Crippen LogP contribution in [0.25, 0.3) is 22.7 Å². The lowest BCUT2D eigenvalue weighted by molar-refractivity contribution is -0.140. The summed E-state index contributed by atoms with van der Waals surface area (Å²) in [5.74, 6) is -0.273. The highest BCUT2D eigenvalue weighted by Gasteiger charge is 2.37. The highest BCUT2D eigenvalue weighted by atomic mass is 79.9. The molecule has 4 heterocycles. The van der Waals surface area contributed by atoms with Crippen molar-refractivity contribution < 1.29 is 31.1 Å². The van der Waals surface area contributed by atoms with E-state index < -0.39 is 42.0 Å². The van der Waals surface area contributed by atoms with Gasteiger partial charge in [0.25, 0.3) is 11.5 Å². The Morgan fingerprint density at radius 2 is 1.79 bits per heavy atom. The van der Waals surface area contributed by atoms with Gasteiger partial charge in [-0.15, -0.1) is 0 Å². The van der Waals surface area contributed by atoms with Crippen molar-refractivity contribution in [3.05, 3.63) is 97.4 Å². The Bertz CT molecular complexity index is 2160. The lowest BCUT2D eigenvalue weighted by atomic mass is 9.98. The fourth-order valence-electron chi connectivity index (χ4n) is 6.12. The summed E-state index contributed by atoms with van der Waals surface area (Å²) in [5, 5.41) is 4.74. The van der Waals surface area contributed by atoms with Gasteiger partial charge in [-0.2, -0.15) is 31.4 Å². The number of amides is 1. The van der Waals surface area contributed by atoms with Crippen molar-refractivity contribution in [1.82, 2.24) is 33.8 Å². The van der Waals surface area contributed by atoms with Crippen molar-refractivity contribution in [2.45, 2.75) is 70.5 Å². The van der Waals surface area contributed by atoms with Gasteiger partial charge in [0.15, 0.2) is 0 Å². The van der Waals surface area contributed by atoms with Gasteiger partial charge in [0, 0.05) is 33.3 Å². The van der Waals surface area contributed by atoms with Crippen LogP contribution in [0.5, 0.6) is 0 Å². The fourth-order valence-corrected chi connectivity index (χ4v) is 6.60. The van der Waals surface area contributed by atoms with Gasteiger partial charge in [-0.3, -0.25) is 9.59 Å². The van der Waals surface area contributed by atoms with Gasteiger partial charge >= 0.3 is 12.4 Å². The van der Waals surface area contributed by atoms with Crippen LogP contribution in [0.1, 0.15) is 64.2 Å². The Morgan fingerprint density at radius 3 is 2.48 bits per heavy atom. The van der Waals surface area contributed by atoms with E-state index in [1.54, 1.807) is 13.8 Å². The van der Waals surface area contributed by atoms with Crippen molar-refractivity contribution in [3.8, 4) is 11.6 Å². The van der Waals surface area contributed by atoms with E-state index in [4.69, 9.17) is 10.1 Å². The number of fused-ring (bicyclic) bond motifs is 2. The van der Waals surface area contributed by atoms with Crippen LogP contribution in [0, 0.1) is 6.92 Å². The maximum atomic E-state index is 14.4. The van der Waals surface area contributed by atoms with E-state index >= 15 is 0 Å². The zero-order chi connectivity index (χ0) is 34.3. The summed E-state index contributed by atoms with van der Waals surface area (Å²) in [4.78, 5) is 38.4. The molecular formula is C32H26BrF6N7O2. The molecule has 0 unspecified atom stereocenters. The van der Waals surface area contributed by atoms with Gasteiger partial charge < -0.3 is 9.47 Å². The normalized spacial score (nSPS) is 16.9. The molecule has 1 aliphatic carbocycles. The molecule has 1 saturated carbocycles. The van der Waals surface area contributed by atoms with Crippen LogP contribution in [0.4, 0.5) is 26.3 Å². The van der Waals surface area contributed by atoms with E-state index in [1.807, 2.05) is 6.07 Å². The molecule has 0 N–H and O–H groups in total. The third-order valence-electron chi connectivity index (χ3n) is 8.68. The molecule has 0 bridgehead atoms. The summed E-state index contributed by atoms with van der Waals surface area (Å²) in [5.41, 5.74) is 1.24. The Labute approximate surface area is 276 Å². The predicted octanol–water partition coefficient (Wildman–Crippen LogP) is 6.88. The predicted molar refractivity (Wildman–Crippen MR) is 165 cm³/mol. The molecule has 16 heteroatoms. The standard InChI is InChI=1S/C32H26BrF6N7O2/c1-16-9-21-26(13-44(16)28(47)19-5-7-23(33)22(11-19)32(37,38)39)41-30(46-17(2)10-24(42-46)18-3-4-18)45(29(21)48)20-6-8-27-25(12-20)40-15-43(27)14-31(34,35)36/h5-8,10-12,15-16,18H,3-4,9,13-14H2,1-2H3/t16-/m1/s1. The lowest BCUT2D eigenvalue weighted by Crippen LogP contribution is -2.46. The maximum absolute atomic E-state index is 14.4. The molecule has 48 heavy (non-hydrogen) atoms. The smallest absolute Gasteiger partial charge is 0.330 e. The Hall–Kier alpha value is -4.47. The quantitative estimate of drug-likeness (QED) is 0.184. The molecule has 3 aromatic heterocycles. The van der Waals surface area contributed by atoms with E-state index in [2.05, 4.69) is 20.9 Å². The molecule has 1 fully saturated rings. The van der Waals surface area contributed by atoms with Crippen molar-refractivity contribution in [2.24, 2.45) is 0 Å². The molecule has 2 aliphatic rings. The average molecular weight is 734 g/mol. The number of aromatic nitrogens is 6. The van der Waals surface area contributed by atoms with E-state index in [0.717, 1.165) is 35.5 Å². The van der Waals surface area contributed by atoms with Crippen LogP contribution in [0.2, 0.25) is 0 Å². The number of aryl methyl sites for hydroxylation is 1. The van der Waals surface area contributed by atoms with Gasteiger partial charge in [0.1, 0.15) is 6.54 Å². The number of benzene rings is 2. The number of carbonyl (C=O) groups excluding carboxylic acids is 1. The summed E-state index contributed by atoms with van der Waals surface area (Å²) >= 11 is 2.90. The van der Waals surface area contributed by atoms with Crippen molar-refractivity contribution in [3.63, 3.8) is 0 Å². The molecule has 7 rings (SSSR count). The first-order valence-corrected chi connectivity index (χ1v) is 15.8. The number of halogens is 7. The van der Waals surface area contributed by atoms with Crippen molar-refractivity contribution in [2.75, 3.05) is 0 Å². The first-order chi connectivity index (χ1) is 22.6. The number of hydrogen-bond acceptors (Lipinski definition) is 5. The molecule has 0 saturated heterocycles.